The van der Waals surface area contributed by atoms with Crippen LogP contribution in [0.4, 0.5) is 0 Å². The normalized spacial score (nSPS) is 22.5. The molecule has 0 aromatic carbocycles. The first-order valence-electron chi connectivity index (χ1n) is 20.2. The Morgan fingerprint density at radius 2 is 0.979 bits per heavy atom. The Morgan fingerprint density at radius 1 is 0.583 bits per heavy atom. The number of amides is 1. The van der Waals surface area contributed by atoms with Crippen molar-refractivity contribution in [2.24, 2.45) is 0 Å². The van der Waals surface area contributed by atoms with Crippen LogP contribution < -0.4 is 0 Å². The van der Waals surface area contributed by atoms with E-state index in [1.807, 2.05) is 0 Å². The zero-order valence-corrected chi connectivity index (χ0v) is 31.0. The summed E-state index contributed by atoms with van der Waals surface area (Å²) in [5.74, 6) is -0.381. The Kier molecular flexibility index (Phi) is 28.1. The predicted molar refractivity (Wildman–Crippen MR) is 194 cm³/mol. The Bertz CT molecular complexity index is 741. The summed E-state index contributed by atoms with van der Waals surface area (Å²) in [5, 5.41) is 61.9. The van der Waals surface area contributed by atoms with Gasteiger partial charge in [0.15, 0.2) is 0 Å². The van der Waals surface area contributed by atoms with Gasteiger partial charge >= 0.3 is 0 Å². The van der Waals surface area contributed by atoms with Gasteiger partial charge in [0.05, 0.1) is 18.8 Å². The molecule has 0 saturated carbocycles. The second-order valence-electron chi connectivity index (χ2n) is 14.6. The molecule has 1 heterocycles. The van der Waals surface area contributed by atoms with E-state index in [1.54, 1.807) is 0 Å². The zero-order valence-electron chi connectivity index (χ0n) is 31.0. The topological polar surface area (TPSA) is 151 Å². The Hall–Kier alpha value is -0.810. The molecule has 0 radical (unpaired) electrons. The standard InChI is InChI=1S/C39H77NO8/c1-3-5-7-9-11-13-15-16-17-18-20-22-24-26-28-40(30-32(42)29-34-36(44)38(46)37(45)35(31-41)48-34)39(47)33(43)27-25-23-21-19-14-12-10-8-6-4-2/h32-38,41-46H,3-31H2,1-2H3/t32?,33?,34-,35+,36-,37+,38+/m0/s1. The van der Waals surface area contributed by atoms with E-state index >= 15 is 0 Å². The molecule has 1 saturated heterocycles. The van der Waals surface area contributed by atoms with Gasteiger partial charge in [0.1, 0.15) is 30.5 Å². The van der Waals surface area contributed by atoms with E-state index in [1.165, 1.54) is 120 Å². The van der Waals surface area contributed by atoms with Crippen LogP contribution in [0.5, 0.6) is 0 Å². The van der Waals surface area contributed by atoms with E-state index in [-0.39, 0.29) is 18.9 Å². The molecule has 9 nitrogen and oxygen atoms in total. The van der Waals surface area contributed by atoms with Crippen molar-refractivity contribution >= 4 is 5.91 Å². The van der Waals surface area contributed by atoms with Gasteiger partial charge in [0.25, 0.3) is 5.91 Å². The smallest absolute Gasteiger partial charge is 0.251 e. The summed E-state index contributed by atoms with van der Waals surface area (Å²) in [7, 11) is 0. The van der Waals surface area contributed by atoms with Crippen molar-refractivity contribution in [1.29, 1.82) is 0 Å². The molecule has 286 valence electrons. The number of unbranched alkanes of at least 4 members (excludes halogenated alkanes) is 22. The van der Waals surface area contributed by atoms with Gasteiger partial charge in [0, 0.05) is 19.5 Å². The minimum absolute atomic E-state index is 0.0264. The highest BCUT2D eigenvalue weighted by atomic mass is 16.5. The molecule has 6 N–H and O–H groups in total. The predicted octanol–water partition coefficient (Wildman–Crippen LogP) is 6.56. The fraction of sp³-hybridized carbons (Fsp3) is 0.974. The van der Waals surface area contributed by atoms with Gasteiger partial charge < -0.3 is 40.3 Å². The number of hydrogen-bond donors (Lipinski definition) is 6. The largest absolute Gasteiger partial charge is 0.394 e. The highest BCUT2D eigenvalue weighted by Gasteiger charge is 2.44. The molecule has 0 aliphatic carbocycles. The molecular formula is C39H77NO8. The molecule has 48 heavy (non-hydrogen) atoms. The molecule has 0 aromatic heterocycles. The Labute approximate surface area is 293 Å². The van der Waals surface area contributed by atoms with Crippen LogP contribution in [0.25, 0.3) is 0 Å². The average molecular weight is 688 g/mol. The van der Waals surface area contributed by atoms with Gasteiger partial charge in [-0.25, -0.2) is 0 Å². The molecule has 9 heteroatoms. The van der Waals surface area contributed by atoms with Crippen molar-refractivity contribution in [3.63, 3.8) is 0 Å². The first-order valence-corrected chi connectivity index (χ1v) is 20.2. The maximum atomic E-state index is 13.4. The second-order valence-corrected chi connectivity index (χ2v) is 14.6. The first kappa shape index (κ1) is 45.2. The van der Waals surface area contributed by atoms with Crippen LogP contribution in [0.1, 0.15) is 181 Å². The van der Waals surface area contributed by atoms with Crippen LogP contribution in [0.2, 0.25) is 0 Å². The van der Waals surface area contributed by atoms with Crippen LogP contribution in [-0.2, 0) is 9.53 Å². The average Bonchev–Trinajstić information content (AvgIpc) is 3.08. The van der Waals surface area contributed by atoms with Gasteiger partial charge in [-0.2, -0.15) is 0 Å². The van der Waals surface area contributed by atoms with Gasteiger partial charge in [-0.15, -0.1) is 0 Å². The number of rotatable bonds is 32. The third-order valence-electron chi connectivity index (χ3n) is 10.1. The summed E-state index contributed by atoms with van der Waals surface area (Å²) in [6.45, 7) is 4.35. The first-order chi connectivity index (χ1) is 23.3. The summed E-state index contributed by atoms with van der Waals surface area (Å²) in [6, 6.07) is 0. The van der Waals surface area contributed by atoms with E-state index in [4.69, 9.17) is 4.74 Å². The molecule has 1 aliphatic heterocycles. The lowest BCUT2D eigenvalue weighted by atomic mass is 9.92. The number of aliphatic hydroxyl groups is 6. The highest BCUT2D eigenvalue weighted by Crippen LogP contribution is 2.25. The number of nitrogens with zero attached hydrogens (tertiary/aromatic N) is 1. The van der Waals surface area contributed by atoms with E-state index in [2.05, 4.69) is 13.8 Å². The summed E-state index contributed by atoms with van der Waals surface area (Å²) >= 11 is 0. The molecule has 1 amide bonds. The molecule has 1 rings (SSSR count). The van der Waals surface area contributed by atoms with Gasteiger partial charge in [-0.1, -0.05) is 162 Å². The lowest BCUT2D eigenvalue weighted by Crippen LogP contribution is -2.59. The molecule has 1 fully saturated rings. The molecule has 0 aromatic rings. The Morgan fingerprint density at radius 3 is 1.42 bits per heavy atom. The van der Waals surface area contributed by atoms with E-state index in [9.17, 15) is 35.4 Å². The summed E-state index contributed by atoms with van der Waals surface area (Å²) in [5.41, 5.74) is 0. The minimum Gasteiger partial charge on any atom is -0.394 e. The van der Waals surface area contributed by atoms with Crippen molar-refractivity contribution in [2.45, 2.75) is 224 Å². The number of aliphatic hydroxyl groups excluding tert-OH is 6. The fourth-order valence-electron chi connectivity index (χ4n) is 6.92. The highest BCUT2D eigenvalue weighted by molar-refractivity contribution is 5.80. The van der Waals surface area contributed by atoms with Crippen LogP contribution in [0, 0.1) is 0 Å². The van der Waals surface area contributed by atoms with Crippen LogP contribution in [0.3, 0.4) is 0 Å². The van der Waals surface area contributed by atoms with Gasteiger partial charge in [-0.3, -0.25) is 4.79 Å². The summed E-state index contributed by atoms with van der Waals surface area (Å²) in [6.07, 6.45) is 20.7. The molecule has 7 atom stereocenters. The maximum Gasteiger partial charge on any atom is 0.251 e. The molecule has 0 spiro atoms. The summed E-state index contributed by atoms with van der Waals surface area (Å²) in [4.78, 5) is 14.9. The van der Waals surface area contributed by atoms with E-state index < -0.39 is 49.3 Å². The third-order valence-corrected chi connectivity index (χ3v) is 10.1. The van der Waals surface area contributed by atoms with E-state index in [0.717, 1.165) is 38.5 Å². The SMILES string of the molecule is CCCCCCCCCCCCCCCCN(CC(O)C[C@@H]1O[C@H](CO)[C@@H](O)[C@H](O)[C@H]1O)C(=O)C(O)CCCCCCCCCCCC. The maximum absolute atomic E-state index is 13.4. The number of ether oxygens (including phenoxy) is 1. The van der Waals surface area contributed by atoms with Crippen LogP contribution in [0.15, 0.2) is 0 Å². The van der Waals surface area contributed by atoms with Crippen molar-refractivity contribution in [2.75, 3.05) is 19.7 Å². The lowest BCUT2D eigenvalue weighted by Gasteiger charge is -2.41. The van der Waals surface area contributed by atoms with Crippen LogP contribution >= 0.6 is 0 Å². The lowest BCUT2D eigenvalue weighted by molar-refractivity contribution is -0.234. The molecular weight excluding hydrogens is 610 g/mol. The van der Waals surface area contributed by atoms with Gasteiger partial charge in [-0.05, 0) is 12.8 Å². The Balaban J connectivity index is 2.48. The van der Waals surface area contributed by atoms with Crippen molar-refractivity contribution in [3.8, 4) is 0 Å². The number of carbonyl (C=O) groups is 1. The minimum atomic E-state index is -1.51. The molecule has 0 bridgehead atoms. The number of hydrogen-bond acceptors (Lipinski definition) is 8. The van der Waals surface area contributed by atoms with Crippen LogP contribution in [-0.4, -0.2) is 104 Å². The third kappa shape index (κ3) is 20.8. The zero-order chi connectivity index (χ0) is 35.4. The fourth-order valence-corrected chi connectivity index (χ4v) is 6.92. The molecule has 2 unspecified atom stereocenters. The second kappa shape index (κ2) is 29.9. The quantitative estimate of drug-likeness (QED) is 0.0435. The van der Waals surface area contributed by atoms with Crippen molar-refractivity contribution in [3.05, 3.63) is 0 Å². The van der Waals surface area contributed by atoms with Crippen molar-refractivity contribution in [1.82, 2.24) is 4.90 Å². The van der Waals surface area contributed by atoms with Crippen molar-refractivity contribution < 1.29 is 40.2 Å². The van der Waals surface area contributed by atoms with E-state index in [0.29, 0.717) is 13.0 Å². The molecule has 1 aliphatic rings. The monoisotopic (exact) mass is 688 g/mol. The summed E-state index contributed by atoms with van der Waals surface area (Å²) < 4.78 is 5.57. The number of carbonyl (C=O) groups excluding carboxylic acids is 1. The van der Waals surface area contributed by atoms with Gasteiger partial charge in [0.2, 0.25) is 0 Å².